The van der Waals surface area contributed by atoms with Crippen LogP contribution >= 0.6 is 0 Å². The monoisotopic (exact) mass is 381 g/mol. The van der Waals surface area contributed by atoms with E-state index in [9.17, 15) is 0 Å². The normalized spacial score (nSPS) is 33.1. The van der Waals surface area contributed by atoms with Crippen molar-refractivity contribution in [1.29, 1.82) is 0 Å². The molecule has 162 valence electrons. The number of nitrogens with zero attached hydrogens (tertiary/aromatic N) is 1. The molecule has 1 spiro atoms. The highest BCUT2D eigenvalue weighted by Gasteiger charge is 2.46. The molecule has 4 heterocycles. The van der Waals surface area contributed by atoms with Crippen molar-refractivity contribution >= 4 is 0 Å². The molecule has 2 heteroatoms. The summed E-state index contributed by atoms with van der Waals surface area (Å²) in [6.07, 6.45) is 9.98. The zero-order chi connectivity index (χ0) is 20.5. The van der Waals surface area contributed by atoms with Gasteiger partial charge in [0.25, 0.3) is 0 Å². The maximum atomic E-state index is 5.61. The molecule has 0 aromatic carbocycles. The standard InChI is InChI=1S/C11H20O.C10H19N.2C2H6/c1-9(2)10-4-7-12-8-11(10)5-3-6-11;1-9(2)10-3-6-11(7-4-10)8-5-10;2*1-2/h9-10H,3-8H2,1-2H3;9H,3-8H2,1-2H3;2*1-2H3. The molecule has 1 atom stereocenters. The van der Waals surface area contributed by atoms with Gasteiger partial charge in [0.05, 0.1) is 6.61 Å². The molecule has 4 saturated heterocycles. The Hall–Kier alpha value is -0.0800. The molecule has 5 aliphatic rings. The third-order valence-electron chi connectivity index (χ3n) is 7.91. The molecule has 27 heavy (non-hydrogen) atoms. The fourth-order valence-corrected chi connectivity index (χ4v) is 5.80. The third kappa shape index (κ3) is 5.95. The highest BCUT2D eigenvalue weighted by atomic mass is 16.5. The van der Waals surface area contributed by atoms with Gasteiger partial charge in [0.15, 0.2) is 0 Å². The summed E-state index contributed by atoms with van der Waals surface area (Å²) < 4.78 is 5.61. The number of ether oxygens (including phenoxy) is 1. The van der Waals surface area contributed by atoms with Crippen molar-refractivity contribution in [1.82, 2.24) is 4.90 Å². The number of fused-ring (bicyclic) bond motifs is 3. The Labute approximate surface area is 171 Å². The number of piperidine rings is 3. The van der Waals surface area contributed by atoms with Gasteiger partial charge in [-0.25, -0.2) is 0 Å². The van der Waals surface area contributed by atoms with E-state index in [1.165, 1.54) is 64.6 Å². The molecule has 1 unspecified atom stereocenters. The molecule has 2 nitrogen and oxygen atoms in total. The second kappa shape index (κ2) is 11.8. The molecule has 5 rings (SSSR count). The second-order valence-corrected chi connectivity index (χ2v) is 9.52. The van der Waals surface area contributed by atoms with Gasteiger partial charge in [-0.3, -0.25) is 0 Å². The van der Waals surface area contributed by atoms with Gasteiger partial charge in [-0.05, 0) is 86.7 Å². The summed E-state index contributed by atoms with van der Waals surface area (Å²) in [6.45, 7) is 23.7. The van der Waals surface area contributed by atoms with Crippen LogP contribution in [0.2, 0.25) is 0 Å². The smallest absolute Gasteiger partial charge is 0.0525 e. The van der Waals surface area contributed by atoms with Gasteiger partial charge in [0, 0.05) is 6.61 Å². The van der Waals surface area contributed by atoms with Gasteiger partial charge in [-0.2, -0.15) is 0 Å². The molecule has 4 aliphatic heterocycles. The molecule has 1 saturated carbocycles. The lowest BCUT2D eigenvalue weighted by molar-refractivity contribution is -0.111. The summed E-state index contributed by atoms with van der Waals surface area (Å²) in [7, 11) is 0. The Kier molecular flexibility index (Phi) is 10.9. The molecule has 0 radical (unpaired) electrons. The van der Waals surface area contributed by atoms with Crippen molar-refractivity contribution in [3.63, 3.8) is 0 Å². The van der Waals surface area contributed by atoms with E-state index in [0.717, 1.165) is 36.4 Å². The summed E-state index contributed by atoms with van der Waals surface area (Å²) in [5.74, 6) is 2.71. The van der Waals surface area contributed by atoms with Crippen molar-refractivity contribution in [3.8, 4) is 0 Å². The van der Waals surface area contributed by atoms with Gasteiger partial charge in [0.2, 0.25) is 0 Å². The lowest BCUT2D eigenvalue weighted by Gasteiger charge is -2.52. The summed E-state index contributed by atoms with van der Waals surface area (Å²) in [5.41, 5.74) is 1.36. The minimum Gasteiger partial charge on any atom is -0.381 e. The van der Waals surface area contributed by atoms with E-state index in [2.05, 4.69) is 32.6 Å². The first-order valence-electron chi connectivity index (χ1n) is 12.3. The SMILES string of the molecule is CC.CC.CC(C)C12CCN(CC1)CC2.CC(C)C1CCOCC12CCC2. The number of hydrogen-bond acceptors (Lipinski definition) is 2. The number of hydrogen-bond donors (Lipinski definition) is 0. The van der Waals surface area contributed by atoms with Crippen LogP contribution in [0, 0.1) is 28.6 Å². The Bertz CT molecular complexity index is 364. The van der Waals surface area contributed by atoms with Gasteiger partial charge < -0.3 is 9.64 Å². The van der Waals surface area contributed by atoms with E-state index in [1.54, 1.807) is 0 Å². The number of rotatable bonds is 2. The third-order valence-corrected chi connectivity index (χ3v) is 7.91. The molecule has 1 aliphatic carbocycles. The predicted molar refractivity (Wildman–Crippen MR) is 120 cm³/mol. The molecule has 5 fully saturated rings. The lowest BCUT2D eigenvalue weighted by Crippen LogP contribution is -2.50. The van der Waals surface area contributed by atoms with Crippen molar-refractivity contribution in [2.75, 3.05) is 32.8 Å². The summed E-state index contributed by atoms with van der Waals surface area (Å²) in [4.78, 5) is 2.62. The van der Waals surface area contributed by atoms with Crippen LogP contribution in [0.4, 0.5) is 0 Å². The highest BCUT2D eigenvalue weighted by molar-refractivity contribution is 4.96. The largest absolute Gasteiger partial charge is 0.381 e. The minimum absolute atomic E-state index is 0.617. The first kappa shape index (κ1) is 25.0. The van der Waals surface area contributed by atoms with Gasteiger partial charge >= 0.3 is 0 Å². The van der Waals surface area contributed by atoms with Gasteiger partial charge in [-0.15, -0.1) is 0 Å². The van der Waals surface area contributed by atoms with Crippen molar-refractivity contribution in [2.45, 2.75) is 100 Å². The quantitative estimate of drug-likeness (QED) is 0.509. The topological polar surface area (TPSA) is 12.5 Å². The molecule has 0 aromatic heterocycles. The average molecular weight is 382 g/mol. The zero-order valence-corrected chi connectivity index (χ0v) is 20.1. The van der Waals surface area contributed by atoms with Crippen LogP contribution in [-0.2, 0) is 4.74 Å². The van der Waals surface area contributed by atoms with E-state index >= 15 is 0 Å². The lowest BCUT2D eigenvalue weighted by atomic mass is 9.57. The van der Waals surface area contributed by atoms with Crippen LogP contribution in [0.15, 0.2) is 0 Å². The van der Waals surface area contributed by atoms with Crippen LogP contribution in [0.3, 0.4) is 0 Å². The molecule has 0 aromatic rings. The summed E-state index contributed by atoms with van der Waals surface area (Å²) >= 11 is 0. The molecule has 0 N–H and O–H groups in total. The van der Waals surface area contributed by atoms with Crippen LogP contribution in [0.1, 0.15) is 100 Å². The van der Waals surface area contributed by atoms with E-state index in [1.807, 2.05) is 27.7 Å². The summed E-state index contributed by atoms with van der Waals surface area (Å²) in [6, 6.07) is 0. The van der Waals surface area contributed by atoms with E-state index < -0.39 is 0 Å². The minimum atomic E-state index is 0.617. The molecular formula is C25H51NO. The first-order valence-corrected chi connectivity index (χ1v) is 12.3. The molecular weight excluding hydrogens is 330 g/mol. The van der Waals surface area contributed by atoms with E-state index in [-0.39, 0.29) is 0 Å². The van der Waals surface area contributed by atoms with Gasteiger partial charge in [0.1, 0.15) is 0 Å². The molecule has 2 bridgehead atoms. The fraction of sp³-hybridized carbons (Fsp3) is 1.00. The summed E-state index contributed by atoms with van der Waals surface area (Å²) in [5, 5.41) is 0. The van der Waals surface area contributed by atoms with Crippen LogP contribution in [0.25, 0.3) is 0 Å². The van der Waals surface area contributed by atoms with Crippen LogP contribution in [-0.4, -0.2) is 37.7 Å². The maximum absolute atomic E-state index is 5.61. The van der Waals surface area contributed by atoms with E-state index in [4.69, 9.17) is 4.74 Å². The van der Waals surface area contributed by atoms with Crippen molar-refractivity contribution < 1.29 is 4.74 Å². The first-order chi connectivity index (χ1) is 13.0. The Morgan fingerprint density at radius 2 is 1.33 bits per heavy atom. The fourth-order valence-electron chi connectivity index (χ4n) is 5.80. The second-order valence-electron chi connectivity index (χ2n) is 9.52. The maximum Gasteiger partial charge on any atom is 0.0525 e. The Balaban J connectivity index is 0.000000229. The van der Waals surface area contributed by atoms with Crippen LogP contribution in [0.5, 0.6) is 0 Å². The zero-order valence-electron chi connectivity index (χ0n) is 20.1. The van der Waals surface area contributed by atoms with Crippen molar-refractivity contribution in [3.05, 3.63) is 0 Å². The average Bonchev–Trinajstić information content (AvgIpc) is 2.71. The Morgan fingerprint density at radius 1 is 0.815 bits per heavy atom. The van der Waals surface area contributed by atoms with Gasteiger partial charge in [-0.1, -0.05) is 61.8 Å². The molecule has 0 amide bonds. The van der Waals surface area contributed by atoms with Crippen molar-refractivity contribution in [2.24, 2.45) is 28.6 Å². The Morgan fingerprint density at radius 3 is 1.63 bits per heavy atom. The van der Waals surface area contributed by atoms with Crippen LogP contribution < -0.4 is 0 Å². The van der Waals surface area contributed by atoms with E-state index in [0.29, 0.717) is 5.41 Å². The predicted octanol–water partition coefficient (Wildman–Crippen LogP) is 7.03. The highest BCUT2D eigenvalue weighted by Crippen LogP contribution is 2.52.